The third kappa shape index (κ3) is 3.75. The maximum absolute atomic E-state index is 14.1. The number of nitrogens with two attached hydrogens (primary N) is 1. The van der Waals surface area contributed by atoms with Crippen molar-refractivity contribution in [2.75, 3.05) is 36.7 Å². The molecule has 0 saturated carbocycles. The van der Waals surface area contributed by atoms with Crippen LogP contribution in [0, 0.1) is 11.6 Å². The average molecular weight is 383 g/mol. The van der Waals surface area contributed by atoms with Crippen LogP contribution in [0.25, 0.3) is 11.1 Å². The maximum atomic E-state index is 14.1. The number of amides is 1. The molecule has 0 aliphatic carbocycles. The van der Waals surface area contributed by atoms with Crippen LogP contribution in [0.15, 0.2) is 48.8 Å². The van der Waals surface area contributed by atoms with Gasteiger partial charge < -0.3 is 15.5 Å². The SMILES string of the molecule is CN(C)c1ncc(-c2ccnc(N)c2)cc1C(=O)N(C)c1ccc(F)cc1F. The summed E-state index contributed by atoms with van der Waals surface area (Å²) in [6, 6.07) is 8.14. The van der Waals surface area contributed by atoms with Gasteiger partial charge in [0.2, 0.25) is 0 Å². The number of carbonyl (C=O) groups excluding carboxylic acids is 1. The van der Waals surface area contributed by atoms with E-state index in [1.54, 1.807) is 49.6 Å². The van der Waals surface area contributed by atoms with E-state index < -0.39 is 17.5 Å². The quantitative estimate of drug-likeness (QED) is 0.748. The number of anilines is 3. The number of nitrogen functional groups attached to an aromatic ring is 1. The summed E-state index contributed by atoms with van der Waals surface area (Å²) in [7, 11) is 4.93. The average Bonchev–Trinajstić information content (AvgIpc) is 2.66. The van der Waals surface area contributed by atoms with Crippen molar-refractivity contribution in [2.45, 2.75) is 0 Å². The van der Waals surface area contributed by atoms with E-state index in [2.05, 4.69) is 9.97 Å². The van der Waals surface area contributed by atoms with E-state index in [1.807, 2.05) is 0 Å². The predicted molar refractivity (Wildman–Crippen MR) is 105 cm³/mol. The maximum Gasteiger partial charge on any atom is 0.261 e. The lowest BCUT2D eigenvalue weighted by atomic mass is 10.1. The highest BCUT2D eigenvalue weighted by Crippen LogP contribution is 2.28. The van der Waals surface area contributed by atoms with Crippen molar-refractivity contribution in [3.8, 4) is 11.1 Å². The second-order valence-corrected chi connectivity index (χ2v) is 6.42. The van der Waals surface area contributed by atoms with Crippen LogP contribution < -0.4 is 15.5 Å². The van der Waals surface area contributed by atoms with Crippen LogP contribution in [-0.2, 0) is 0 Å². The molecule has 144 valence electrons. The number of hydrogen-bond donors (Lipinski definition) is 1. The molecule has 0 aliphatic heterocycles. The fourth-order valence-corrected chi connectivity index (χ4v) is 2.80. The number of hydrogen-bond acceptors (Lipinski definition) is 5. The number of halogens is 2. The molecule has 0 saturated heterocycles. The van der Waals surface area contributed by atoms with Gasteiger partial charge in [-0.15, -0.1) is 0 Å². The van der Waals surface area contributed by atoms with E-state index in [1.165, 1.54) is 13.1 Å². The second-order valence-electron chi connectivity index (χ2n) is 6.42. The normalized spacial score (nSPS) is 10.6. The van der Waals surface area contributed by atoms with Crippen molar-refractivity contribution in [3.05, 3.63) is 66.0 Å². The molecule has 3 rings (SSSR count). The van der Waals surface area contributed by atoms with Crippen molar-refractivity contribution in [3.63, 3.8) is 0 Å². The van der Waals surface area contributed by atoms with E-state index in [0.717, 1.165) is 22.6 Å². The molecular weight excluding hydrogens is 364 g/mol. The van der Waals surface area contributed by atoms with Crippen LogP contribution in [0.5, 0.6) is 0 Å². The lowest BCUT2D eigenvalue weighted by Gasteiger charge is -2.22. The molecule has 8 heteroatoms. The Hall–Kier alpha value is -3.55. The number of rotatable bonds is 4. The Morgan fingerprint density at radius 1 is 1.00 bits per heavy atom. The van der Waals surface area contributed by atoms with Crippen molar-refractivity contribution >= 4 is 23.2 Å². The zero-order valence-electron chi connectivity index (χ0n) is 15.6. The Bertz CT molecular complexity index is 1040. The van der Waals surface area contributed by atoms with E-state index >= 15 is 0 Å². The van der Waals surface area contributed by atoms with E-state index in [-0.39, 0.29) is 11.3 Å². The van der Waals surface area contributed by atoms with Gasteiger partial charge in [0.15, 0.2) is 0 Å². The van der Waals surface area contributed by atoms with Gasteiger partial charge in [-0.25, -0.2) is 18.7 Å². The van der Waals surface area contributed by atoms with Gasteiger partial charge in [0.05, 0.1) is 11.3 Å². The highest BCUT2D eigenvalue weighted by atomic mass is 19.1. The molecule has 2 aromatic heterocycles. The van der Waals surface area contributed by atoms with Gasteiger partial charge >= 0.3 is 0 Å². The molecule has 0 spiro atoms. The van der Waals surface area contributed by atoms with Crippen molar-refractivity contribution < 1.29 is 13.6 Å². The first-order valence-corrected chi connectivity index (χ1v) is 8.40. The van der Waals surface area contributed by atoms with E-state index in [0.29, 0.717) is 17.2 Å². The van der Waals surface area contributed by atoms with Crippen molar-refractivity contribution in [2.24, 2.45) is 0 Å². The minimum atomic E-state index is -0.826. The number of carbonyl (C=O) groups is 1. The molecule has 2 heterocycles. The summed E-state index contributed by atoms with van der Waals surface area (Å²) in [5.41, 5.74) is 7.38. The summed E-state index contributed by atoms with van der Waals surface area (Å²) in [5, 5.41) is 0. The van der Waals surface area contributed by atoms with Crippen molar-refractivity contribution in [1.82, 2.24) is 9.97 Å². The summed E-state index contributed by atoms with van der Waals surface area (Å²) in [5.74, 6) is -1.26. The van der Waals surface area contributed by atoms with Gasteiger partial charge in [-0.3, -0.25) is 4.79 Å². The lowest BCUT2D eigenvalue weighted by Crippen LogP contribution is -2.29. The minimum absolute atomic E-state index is 0.0327. The van der Waals surface area contributed by atoms with Gasteiger partial charge in [-0.2, -0.15) is 0 Å². The Balaban J connectivity index is 2.07. The van der Waals surface area contributed by atoms with Crippen LogP contribution >= 0.6 is 0 Å². The third-order valence-corrected chi connectivity index (χ3v) is 4.21. The molecule has 1 aromatic carbocycles. The molecule has 0 aliphatic rings. The lowest BCUT2D eigenvalue weighted by molar-refractivity contribution is 0.0992. The molecule has 0 fully saturated rings. The summed E-state index contributed by atoms with van der Waals surface area (Å²) >= 11 is 0. The van der Waals surface area contributed by atoms with Gasteiger partial charge in [-0.05, 0) is 35.9 Å². The largest absolute Gasteiger partial charge is 0.384 e. The number of nitrogens with zero attached hydrogens (tertiary/aromatic N) is 4. The number of benzene rings is 1. The summed E-state index contributed by atoms with van der Waals surface area (Å²) < 4.78 is 27.3. The van der Waals surface area contributed by atoms with Gasteiger partial charge in [0.1, 0.15) is 23.3 Å². The number of pyridine rings is 2. The van der Waals surface area contributed by atoms with Gasteiger partial charge in [0, 0.05) is 45.2 Å². The van der Waals surface area contributed by atoms with Crippen LogP contribution in [0.1, 0.15) is 10.4 Å². The fourth-order valence-electron chi connectivity index (χ4n) is 2.80. The summed E-state index contributed by atoms with van der Waals surface area (Å²) in [6.45, 7) is 0. The Labute approximate surface area is 161 Å². The first kappa shape index (κ1) is 19.2. The molecule has 0 unspecified atom stereocenters. The van der Waals surface area contributed by atoms with Gasteiger partial charge in [0.25, 0.3) is 5.91 Å². The zero-order valence-corrected chi connectivity index (χ0v) is 15.6. The van der Waals surface area contributed by atoms with Crippen LogP contribution in [0.4, 0.5) is 26.1 Å². The topological polar surface area (TPSA) is 75.4 Å². The first-order chi connectivity index (χ1) is 13.3. The van der Waals surface area contributed by atoms with Crippen LogP contribution in [0.2, 0.25) is 0 Å². The van der Waals surface area contributed by atoms with E-state index in [9.17, 15) is 13.6 Å². The van der Waals surface area contributed by atoms with Crippen LogP contribution in [-0.4, -0.2) is 37.0 Å². The molecular formula is C20H19F2N5O. The minimum Gasteiger partial charge on any atom is -0.384 e. The van der Waals surface area contributed by atoms with Gasteiger partial charge in [-0.1, -0.05) is 0 Å². The zero-order chi connectivity index (χ0) is 20.4. The standard InChI is InChI=1S/C20H19F2N5O/c1-26(2)19-15(8-13(11-25-19)12-6-7-24-18(23)9-12)20(28)27(3)17-5-4-14(21)10-16(17)22/h4-11H,1-3H3,(H2,23,24). The highest BCUT2D eigenvalue weighted by Gasteiger charge is 2.22. The molecule has 28 heavy (non-hydrogen) atoms. The molecule has 1 amide bonds. The Morgan fingerprint density at radius 3 is 2.39 bits per heavy atom. The molecule has 0 radical (unpaired) electrons. The highest BCUT2D eigenvalue weighted by molar-refractivity contribution is 6.09. The molecule has 6 nitrogen and oxygen atoms in total. The number of aromatic nitrogens is 2. The third-order valence-electron chi connectivity index (χ3n) is 4.21. The first-order valence-electron chi connectivity index (χ1n) is 8.40. The predicted octanol–water partition coefficient (Wildman–Crippen LogP) is 3.35. The molecule has 3 aromatic rings. The van der Waals surface area contributed by atoms with Crippen molar-refractivity contribution in [1.29, 1.82) is 0 Å². The van der Waals surface area contributed by atoms with Crippen LogP contribution in [0.3, 0.4) is 0 Å². The molecule has 2 N–H and O–H groups in total. The molecule has 0 bridgehead atoms. The summed E-state index contributed by atoms with van der Waals surface area (Å²) in [6.07, 6.45) is 3.19. The monoisotopic (exact) mass is 383 g/mol. The fraction of sp³-hybridized carbons (Fsp3) is 0.150. The van der Waals surface area contributed by atoms with E-state index in [4.69, 9.17) is 5.73 Å². The Kier molecular flexibility index (Phi) is 5.21. The smallest absolute Gasteiger partial charge is 0.261 e. The molecule has 0 atom stereocenters. The Morgan fingerprint density at radius 2 is 1.75 bits per heavy atom. The second kappa shape index (κ2) is 7.59. The summed E-state index contributed by atoms with van der Waals surface area (Å²) in [4.78, 5) is 24.3.